The summed E-state index contributed by atoms with van der Waals surface area (Å²) in [5, 5.41) is 12.1. The Bertz CT molecular complexity index is 1010. The maximum atomic E-state index is 12.4. The molecule has 2 rings (SSSR count). The zero-order valence-electron chi connectivity index (χ0n) is 17.1. The highest BCUT2D eigenvalue weighted by molar-refractivity contribution is 7.93. The van der Waals surface area contributed by atoms with Gasteiger partial charge in [0.15, 0.2) is 15.0 Å². The molecule has 0 radical (unpaired) electrons. The number of thiazole rings is 1. The molecule has 2 heterocycles. The predicted molar refractivity (Wildman–Crippen MR) is 113 cm³/mol. The highest BCUT2D eigenvalue weighted by atomic mass is 32.2. The number of aryl methyl sites for hydroxylation is 1. The number of nitrogens with zero attached hydrogens (tertiary/aromatic N) is 2. The van der Waals surface area contributed by atoms with Gasteiger partial charge in [0.1, 0.15) is 4.21 Å². The summed E-state index contributed by atoms with van der Waals surface area (Å²) in [5.41, 5.74) is 1.61. The number of carbonyl (C=O) groups excluding carboxylic acids is 1. The molecule has 0 bridgehead atoms. The third-order valence-corrected chi connectivity index (χ3v) is 7.94. The smallest absolute Gasteiger partial charge is 0.475 e. The van der Waals surface area contributed by atoms with Crippen molar-refractivity contribution < 1.29 is 36.3 Å². The van der Waals surface area contributed by atoms with E-state index in [1.807, 2.05) is 31.3 Å². The van der Waals surface area contributed by atoms with Crippen LogP contribution in [0.3, 0.4) is 0 Å². The second kappa shape index (κ2) is 11.0. The summed E-state index contributed by atoms with van der Waals surface area (Å²) in [6.07, 6.45) is -4.48. The van der Waals surface area contributed by atoms with Crippen LogP contribution in [0.25, 0.3) is 10.4 Å². The Balaban J connectivity index is 0.000000592. The van der Waals surface area contributed by atoms with E-state index < -0.39 is 22.0 Å². The van der Waals surface area contributed by atoms with E-state index in [1.165, 1.54) is 29.6 Å². The third-order valence-electron chi connectivity index (χ3n) is 3.48. The maximum Gasteiger partial charge on any atom is 0.490 e. The van der Waals surface area contributed by atoms with E-state index >= 15 is 0 Å². The molecule has 0 atom stereocenters. The molecule has 0 unspecified atom stereocenters. The van der Waals surface area contributed by atoms with Crippen LogP contribution in [-0.2, 0) is 19.4 Å². The first-order valence-corrected chi connectivity index (χ1v) is 12.0. The van der Waals surface area contributed by atoms with Crippen molar-refractivity contribution in [3.63, 3.8) is 0 Å². The lowest BCUT2D eigenvalue weighted by molar-refractivity contribution is -0.192. The number of anilines is 1. The molecule has 0 aliphatic heterocycles. The van der Waals surface area contributed by atoms with E-state index in [9.17, 15) is 26.4 Å². The van der Waals surface area contributed by atoms with Gasteiger partial charge in [-0.2, -0.15) is 13.2 Å². The van der Waals surface area contributed by atoms with Crippen LogP contribution < -0.4 is 5.32 Å². The fraction of sp³-hybridized carbons (Fsp3) is 0.471. The molecule has 0 saturated heterocycles. The number of hydrogen-bond donors (Lipinski definition) is 2. The summed E-state index contributed by atoms with van der Waals surface area (Å²) < 4.78 is 56.9. The topological polar surface area (TPSA) is 117 Å². The van der Waals surface area contributed by atoms with Crippen LogP contribution in [0.15, 0.2) is 15.7 Å². The summed E-state index contributed by atoms with van der Waals surface area (Å²) >= 11 is 2.58. The number of aliphatic carboxylic acids is 1. The molecule has 0 fully saturated rings. The number of aromatic nitrogens is 1. The lowest BCUT2D eigenvalue weighted by Gasteiger charge is -2.08. The molecule has 0 aliphatic carbocycles. The van der Waals surface area contributed by atoms with Gasteiger partial charge in [0, 0.05) is 17.9 Å². The lowest BCUT2D eigenvalue weighted by atomic mass is 10.2. The van der Waals surface area contributed by atoms with E-state index in [-0.39, 0.29) is 11.7 Å². The molecule has 0 aliphatic rings. The first-order chi connectivity index (χ1) is 14.1. The average Bonchev–Trinajstić information content (AvgIpc) is 3.20. The number of carboxylic acid groups (broad SMARTS) is 1. The Kier molecular flexibility index (Phi) is 9.60. The first-order valence-electron chi connectivity index (χ1n) is 8.65. The highest BCUT2D eigenvalue weighted by Gasteiger charge is 2.38. The Morgan fingerprint density at radius 1 is 1.29 bits per heavy atom. The van der Waals surface area contributed by atoms with Gasteiger partial charge < -0.3 is 15.3 Å². The summed E-state index contributed by atoms with van der Waals surface area (Å²) in [5.74, 6) is -2.79. The quantitative estimate of drug-likeness (QED) is 0.596. The number of carbonyl (C=O) groups is 2. The zero-order valence-corrected chi connectivity index (χ0v) is 19.6. The fourth-order valence-electron chi connectivity index (χ4n) is 2.14. The van der Waals surface area contributed by atoms with Crippen molar-refractivity contribution in [2.45, 2.75) is 30.7 Å². The van der Waals surface area contributed by atoms with Gasteiger partial charge in [-0.3, -0.25) is 4.79 Å². The summed E-state index contributed by atoms with van der Waals surface area (Å²) in [7, 11) is 0.590. The van der Waals surface area contributed by atoms with Crippen molar-refractivity contribution in [1.29, 1.82) is 0 Å². The normalized spacial score (nSPS) is 11.7. The Labute approximate surface area is 185 Å². The van der Waals surface area contributed by atoms with Crippen molar-refractivity contribution in [2.24, 2.45) is 0 Å². The summed E-state index contributed by atoms with van der Waals surface area (Å²) in [6, 6.07) is 1.70. The van der Waals surface area contributed by atoms with E-state index in [0.29, 0.717) is 15.8 Å². The Hall–Kier alpha value is -2.03. The third kappa shape index (κ3) is 8.93. The number of halogens is 3. The predicted octanol–water partition coefficient (Wildman–Crippen LogP) is 3.50. The standard InChI is InChI=1S/C15H21N3O3S3.C2HF3O2/c1-10-14(23-15(16-10)17-11(2)19)12-8-13(22-9-12)24(20,21)7-5-6-18(3)4;3-2(4,5)1(6)7/h8-9H,5-7H2,1-4H3,(H,16,17,19);(H,6,7). The van der Waals surface area contributed by atoms with Crippen LogP contribution in [0.5, 0.6) is 0 Å². The van der Waals surface area contributed by atoms with E-state index in [0.717, 1.165) is 22.7 Å². The minimum atomic E-state index is -5.08. The number of nitrogens with one attached hydrogen (secondary N) is 1. The van der Waals surface area contributed by atoms with Gasteiger partial charge in [-0.05, 0) is 40.1 Å². The molecule has 31 heavy (non-hydrogen) atoms. The maximum absolute atomic E-state index is 12.4. The van der Waals surface area contributed by atoms with Crippen LogP contribution in [0.4, 0.5) is 18.3 Å². The minimum absolute atomic E-state index is 0.143. The van der Waals surface area contributed by atoms with E-state index in [1.54, 1.807) is 6.07 Å². The number of hydrogen-bond acceptors (Lipinski definition) is 8. The largest absolute Gasteiger partial charge is 0.490 e. The van der Waals surface area contributed by atoms with Crippen LogP contribution in [0, 0.1) is 6.92 Å². The molecule has 2 aromatic rings. The first kappa shape index (κ1) is 27.0. The van der Waals surface area contributed by atoms with Gasteiger partial charge in [-0.15, -0.1) is 11.3 Å². The molecule has 2 N–H and O–H groups in total. The van der Waals surface area contributed by atoms with Crippen molar-refractivity contribution >= 4 is 49.5 Å². The molecule has 0 spiro atoms. The van der Waals surface area contributed by atoms with Gasteiger partial charge in [0.05, 0.1) is 16.3 Å². The van der Waals surface area contributed by atoms with Crippen molar-refractivity contribution in [2.75, 3.05) is 31.7 Å². The second-order valence-electron chi connectivity index (χ2n) is 6.55. The fourth-order valence-corrected chi connectivity index (χ4v) is 5.83. The SMILES string of the molecule is CC(=O)Nc1nc(C)c(-c2csc(S(=O)(=O)CCCN(C)C)c2)s1.O=C(O)C(F)(F)F. The number of alkyl halides is 3. The van der Waals surface area contributed by atoms with Gasteiger partial charge in [0.25, 0.3) is 0 Å². The Morgan fingerprint density at radius 2 is 1.87 bits per heavy atom. The van der Waals surface area contributed by atoms with Crippen molar-refractivity contribution in [3.05, 3.63) is 17.1 Å². The molecule has 8 nitrogen and oxygen atoms in total. The summed E-state index contributed by atoms with van der Waals surface area (Å²) in [6.45, 7) is 4.02. The molecular weight excluding hydrogens is 479 g/mol. The molecule has 174 valence electrons. The minimum Gasteiger partial charge on any atom is -0.475 e. The highest BCUT2D eigenvalue weighted by Crippen LogP contribution is 2.36. The second-order valence-corrected chi connectivity index (χ2v) is 10.8. The van der Waals surface area contributed by atoms with Crippen LogP contribution >= 0.6 is 22.7 Å². The molecule has 0 saturated carbocycles. The zero-order chi connectivity index (χ0) is 24.0. The number of amides is 1. The van der Waals surface area contributed by atoms with E-state index in [2.05, 4.69) is 10.3 Å². The van der Waals surface area contributed by atoms with Crippen molar-refractivity contribution in [1.82, 2.24) is 9.88 Å². The number of thiophene rings is 1. The number of sulfone groups is 1. The Morgan fingerprint density at radius 3 is 2.35 bits per heavy atom. The lowest BCUT2D eigenvalue weighted by Crippen LogP contribution is -2.21. The molecule has 1 amide bonds. The summed E-state index contributed by atoms with van der Waals surface area (Å²) in [4.78, 5) is 27.2. The molecular formula is C17H22F3N3O5S3. The van der Waals surface area contributed by atoms with Crippen molar-refractivity contribution in [3.8, 4) is 10.4 Å². The molecule has 14 heteroatoms. The molecule has 0 aromatic carbocycles. The van der Waals surface area contributed by atoms with Gasteiger partial charge in [-0.25, -0.2) is 18.2 Å². The van der Waals surface area contributed by atoms with E-state index in [4.69, 9.17) is 9.90 Å². The number of carboxylic acids is 1. The van der Waals surface area contributed by atoms with Crippen LogP contribution in [0.2, 0.25) is 0 Å². The van der Waals surface area contributed by atoms with Gasteiger partial charge >= 0.3 is 12.1 Å². The monoisotopic (exact) mass is 501 g/mol. The van der Waals surface area contributed by atoms with Gasteiger partial charge in [0.2, 0.25) is 5.91 Å². The van der Waals surface area contributed by atoms with Gasteiger partial charge in [-0.1, -0.05) is 11.3 Å². The molecule has 2 aromatic heterocycles. The average molecular weight is 502 g/mol. The number of rotatable bonds is 7. The van der Waals surface area contributed by atoms with Crippen LogP contribution in [-0.4, -0.2) is 67.9 Å². The van der Waals surface area contributed by atoms with Crippen LogP contribution in [0.1, 0.15) is 19.0 Å².